The molecule has 1 aromatic rings. The van der Waals surface area contributed by atoms with Gasteiger partial charge < -0.3 is 15.2 Å². The number of methoxy groups -OCH3 is 2. The van der Waals surface area contributed by atoms with Gasteiger partial charge in [0.2, 0.25) is 0 Å². The Morgan fingerprint density at radius 3 is 2.31 bits per heavy atom. The molecule has 0 aromatic heterocycles. The highest BCUT2D eigenvalue weighted by Gasteiger charge is 2.36. The van der Waals surface area contributed by atoms with E-state index in [2.05, 4.69) is 0 Å². The smallest absolute Gasteiger partial charge is 0.256 e. The molecule has 16 heavy (non-hydrogen) atoms. The molecule has 2 N–H and O–H groups in total. The molecule has 0 saturated carbocycles. The lowest BCUT2D eigenvalue weighted by atomic mass is 10.0. The highest BCUT2D eigenvalue weighted by Crippen LogP contribution is 2.38. The summed E-state index contributed by atoms with van der Waals surface area (Å²) in [5.41, 5.74) is 6.22. The van der Waals surface area contributed by atoms with Crippen LogP contribution in [0.1, 0.15) is 5.56 Å². The fourth-order valence-electron chi connectivity index (χ4n) is 1.36. The zero-order valence-corrected chi connectivity index (χ0v) is 10.3. The van der Waals surface area contributed by atoms with Gasteiger partial charge >= 0.3 is 0 Å². The van der Waals surface area contributed by atoms with Crippen molar-refractivity contribution in [2.24, 2.45) is 0 Å². The van der Waals surface area contributed by atoms with Crippen molar-refractivity contribution >= 4 is 35.2 Å². The molecular formula is C10H11Cl2NO3. The number of carbonyl (C=O) groups excluding carboxylic acids is 1. The molecule has 0 bridgehead atoms. The highest BCUT2D eigenvalue weighted by molar-refractivity contribution is 6.42. The van der Waals surface area contributed by atoms with E-state index in [-0.39, 0.29) is 21.3 Å². The molecule has 0 aliphatic rings. The van der Waals surface area contributed by atoms with Crippen LogP contribution in [0.2, 0.25) is 10.0 Å². The van der Waals surface area contributed by atoms with Crippen molar-refractivity contribution in [2.75, 3.05) is 20.0 Å². The van der Waals surface area contributed by atoms with Gasteiger partial charge in [-0.2, -0.15) is 0 Å². The van der Waals surface area contributed by atoms with Gasteiger partial charge in [-0.15, -0.1) is 0 Å². The Morgan fingerprint density at radius 1 is 1.31 bits per heavy atom. The maximum atomic E-state index is 11.1. The molecular weight excluding hydrogens is 253 g/mol. The van der Waals surface area contributed by atoms with Gasteiger partial charge in [0.25, 0.3) is 5.79 Å². The van der Waals surface area contributed by atoms with E-state index in [0.717, 1.165) is 0 Å². The minimum absolute atomic E-state index is 0.137. The second-order valence-corrected chi connectivity index (χ2v) is 3.80. The largest absolute Gasteiger partial charge is 0.398 e. The number of aldehydes is 1. The van der Waals surface area contributed by atoms with Crippen molar-refractivity contribution in [3.05, 3.63) is 27.7 Å². The number of hydrogen-bond acceptors (Lipinski definition) is 4. The first-order valence-electron chi connectivity index (χ1n) is 4.33. The number of ether oxygens (including phenoxy) is 2. The van der Waals surface area contributed by atoms with E-state index in [1.54, 1.807) is 0 Å². The van der Waals surface area contributed by atoms with E-state index >= 15 is 0 Å². The number of hydrogen-bond donors (Lipinski definition) is 1. The van der Waals surface area contributed by atoms with Crippen molar-refractivity contribution in [1.82, 2.24) is 0 Å². The second-order valence-electron chi connectivity index (χ2n) is 3.02. The highest BCUT2D eigenvalue weighted by atomic mass is 35.5. The van der Waals surface area contributed by atoms with E-state index < -0.39 is 5.79 Å². The molecule has 0 fully saturated rings. The van der Waals surface area contributed by atoms with Crippen LogP contribution in [0.3, 0.4) is 0 Å². The summed E-state index contributed by atoms with van der Waals surface area (Å²) >= 11 is 11.8. The molecule has 0 aliphatic heterocycles. The molecule has 88 valence electrons. The van der Waals surface area contributed by atoms with Crippen LogP contribution in [-0.4, -0.2) is 20.5 Å². The molecule has 1 rings (SSSR count). The van der Waals surface area contributed by atoms with Crippen LogP contribution >= 0.6 is 23.2 Å². The summed E-state index contributed by atoms with van der Waals surface area (Å²) in [6.45, 7) is 0. The van der Waals surface area contributed by atoms with Crippen LogP contribution in [-0.2, 0) is 20.1 Å². The summed E-state index contributed by atoms with van der Waals surface area (Å²) in [6, 6.07) is 3.06. The van der Waals surface area contributed by atoms with Gasteiger partial charge in [-0.05, 0) is 12.1 Å². The first kappa shape index (κ1) is 13.3. The Labute approximate surface area is 103 Å². The third kappa shape index (κ3) is 2.01. The Balaban J connectivity index is 3.51. The average molecular weight is 264 g/mol. The number of rotatable bonds is 4. The van der Waals surface area contributed by atoms with Crippen LogP contribution in [0.4, 0.5) is 5.69 Å². The zero-order chi connectivity index (χ0) is 12.3. The third-order valence-electron chi connectivity index (χ3n) is 2.24. The lowest BCUT2D eigenvalue weighted by molar-refractivity contribution is -0.201. The molecule has 0 radical (unpaired) electrons. The standard InChI is InChI=1S/C10H11Cl2NO3/c1-15-10(5-14,16-2)8-7(13)4-3-6(11)9(8)12/h3-5H,13H2,1-2H3. The van der Waals surface area contributed by atoms with E-state index in [1.807, 2.05) is 0 Å². The summed E-state index contributed by atoms with van der Waals surface area (Å²) in [4.78, 5) is 11.1. The quantitative estimate of drug-likeness (QED) is 0.514. The maximum Gasteiger partial charge on any atom is 0.256 e. The van der Waals surface area contributed by atoms with Crippen LogP contribution < -0.4 is 5.73 Å². The lowest BCUT2D eigenvalue weighted by Gasteiger charge is -2.27. The molecule has 1 aromatic carbocycles. The zero-order valence-electron chi connectivity index (χ0n) is 8.79. The molecule has 0 heterocycles. The first-order chi connectivity index (χ1) is 7.52. The summed E-state index contributed by atoms with van der Waals surface area (Å²) in [5, 5.41) is 0.406. The molecule has 0 atom stereocenters. The second kappa shape index (κ2) is 5.01. The summed E-state index contributed by atoms with van der Waals surface area (Å²) in [7, 11) is 2.63. The Hall–Kier alpha value is -0.810. The first-order valence-corrected chi connectivity index (χ1v) is 5.08. The fourth-order valence-corrected chi connectivity index (χ4v) is 1.82. The summed E-state index contributed by atoms with van der Waals surface area (Å²) in [5.74, 6) is -1.63. The minimum atomic E-state index is -1.63. The van der Waals surface area contributed by atoms with Crippen LogP contribution in [0.15, 0.2) is 12.1 Å². The normalized spacial score (nSPS) is 11.5. The fraction of sp³-hybridized carbons (Fsp3) is 0.300. The van der Waals surface area contributed by atoms with Gasteiger partial charge in [0.15, 0.2) is 6.29 Å². The van der Waals surface area contributed by atoms with Crippen molar-refractivity contribution in [3.63, 3.8) is 0 Å². The van der Waals surface area contributed by atoms with Gasteiger partial charge in [-0.3, -0.25) is 4.79 Å². The van der Waals surface area contributed by atoms with Crippen molar-refractivity contribution in [1.29, 1.82) is 0 Å². The topological polar surface area (TPSA) is 61.5 Å². The van der Waals surface area contributed by atoms with E-state index in [9.17, 15) is 4.79 Å². The number of benzene rings is 1. The maximum absolute atomic E-state index is 11.1. The SMILES string of the molecule is COC(C=O)(OC)c1c(N)ccc(Cl)c1Cl. The Bertz CT molecular complexity index is 405. The Kier molecular flexibility index (Phi) is 4.15. The molecule has 0 unspecified atom stereocenters. The predicted molar refractivity (Wildman–Crippen MR) is 62.6 cm³/mol. The van der Waals surface area contributed by atoms with Crippen LogP contribution in [0.5, 0.6) is 0 Å². The monoisotopic (exact) mass is 263 g/mol. The van der Waals surface area contributed by atoms with E-state index in [0.29, 0.717) is 6.29 Å². The van der Waals surface area contributed by atoms with E-state index in [4.69, 9.17) is 38.4 Å². The third-order valence-corrected chi connectivity index (χ3v) is 3.04. The lowest BCUT2D eigenvalue weighted by Crippen LogP contribution is -2.33. The molecule has 0 amide bonds. The van der Waals surface area contributed by atoms with Gasteiger partial charge in [-0.25, -0.2) is 0 Å². The van der Waals surface area contributed by atoms with Crippen molar-refractivity contribution in [2.45, 2.75) is 5.79 Å². The molecule has 0 spiro atoms. The summed E-state index contributed by atoms with van der Waals surface area (Å²) < 4.78 is 10.1. The molecule has 4 nitrogen and oxygen atoms in total. The molecule has 6 heteroatoms. The number of anilines is 1. The van der Waals surface area contributed by atoms with Crippen LogP contribution in [0.25, 0.3) is 0 Å². The minimum Gasteiger partial charge on any atom is -0.398 e. The van der Waals surface area contributed by atoms with Gasteiger partial charge in [-0.1, -0.05) is 23.2 Å². The molecule has 0 saturated heterocycles. The van der Waals surface area contributed by atoms with E-state index in [1.165, 1.54) is 26.4 Å². The summed E-state index contributed by atoms with van der Waals surface area (Å²) in [6.07, 6.45) is 0.473. The van der Waals surface area contributed by atoms with Gasteiger partial charge in [0, 0.05) is 19.9 Å². The van der Waals surface area contributed by atoms with Crippen molar-refractivity contribution < 1.29 is 14.3 Å². The van der Waals surface area contributed by atoms with Crippen molar-refractivity contribution in [3.8, 4) is 0 Å². The number of halogens is 2. The number of carbonyl (C=O) groups is 1. The predicted octanol–water partition coefficient (Wildman–Crippen LogP) is 2.22. The van der Waals surface area contributed by atoms with Crippen LogP contribution in [0, 0.1) is 0 Å². The average Bonchev–Trinajstić information content (AvgIpc) is 2.30. The van der Waals surface area contributed by atoms with Gasteiger partial charge in [0.05, 0.1) is 15.6 Å². The number of nitrogen functional groups attached to an aromatic ring is 1. The van der Waals surface area contributed by atoms with Gasteiger partial charge in [0.1, 0.15) is 0 Å². The number of nitrogens with two attached hydrogens (primary N) is 1. The molecule has 0 aliphatic carbocycles. The Morgan fingerprint density at radius 2 is 1.88 bits per heavy atom.